The monoisotopic (exact) mass is 942 g/mol. The number of aryl methyl sites for hydroxylation is 1. The molecule has 4 aromatic heterocycles. The number of fused-ring (bicyclic) bond motifs is 2. The molecule has 0 N–H and O–H groups in total. The third-order valence-corrected chi connectivity index (χ3v) is 16.6. The van der Waals surface area contributed by atoms with Crippen LogP contribution in [0.5, 0.6) is 0 Å². The lowest BCUT2D eigenvalue weighted by Crippen LogP contribution is -2.31. The quantitative estimate of drug-likeness (QED) is 0.0406. The summed E-state index contributed by atoms with van der Waals surface area (Å²) in [5.41, 5.74) is 9.05. The lowest BCUT2D eigenvalue weighted by Gasteiger charge is -2.31. The van der Waals surface area contributed by atoms with Gasteiger partial charge in [-0.3, -0.25) is 9.97 Å². The van der Waals surface area contributed by atoms with Gasteiger partial charge in [-0.2, -0.15) is 0 Å². The van der Waals surface area contributed by atoms with Gasteiger partial charge in [-0.1, -0.05) is 181 Å². The summed E-state index contributed by atoms with van der Waals surface area (Å²) in [6, 6.07) is 22.4. The maximum atomic E-state index is 6.47. The molecule has 346 valence electrons. The summed E-state index contributed by atoms with van der Waals surface area (Å²) in [5, 5.41) is 2.44. The number of rotatable bonds is 26. The van der Waals surface area contributed by atoms with Crippen LogP contribution in [0.3, 0.4) is 0 Å². The molecule has 2 aliphatic heterocycles. The van der Waals surface area contributed by atoms with Gasteiger partial charge in [0.1, 0.15) is 9.98 Å². The number of aromatic nitrogens is 2. The van der Waals surface area contributed by atoms with E-state index in [1.807, 2.05) is 35.8 Å². The number of hydrogen-bond acceptors (Lipinski definition) is 6. The third kappa shape index (κ3) is 12.5. The van der Waals surface area contributed by atoms with Crippen molar-refractivity contribution < 1.29 is 0 Å². The van der Waals surface area contributed by atoms with Crippen LogP contribution < -0.4 is 10.4 Å². The van der Waals surface area contributed by atoms with Crippen LogP contribution >= 0.6 is 47.1 Å². The zero-order chi connectivity index (χ0) is 45.8. The molecule has 0 spiro atoms. The lowest BCUT2D eigenvalue weighted by molar-refractivity contribution is 0.433. The molecule has 4 nitrogen and oxygen atoms in total. The van der Waals surface area contributed by atoms with Gasteiger partial charge >= 0.3 is 0 Å². The van der Waals surface area contributed by atoms with Gasteiger partial charge in [-0.05, 0) is 74.4 Å². The van der Waals surface area contributed by atoms with Crippen molar-refractivity contribution >= 4 is 68.5 Å². The molecule has 0 saturated heterocycles. The highest BCUT2D eigenvalue weighted by Crippen LogP contribution is 2.41. The Balaban J connectivity index is 1.11. The van der Waals surface area contributed by atoms with Crippen molar-refractivity contribution in [3.8, 4) is 30.6 Å². The number of pyridine rings is 2. The second kappa shape index (κ2) is 23.9. The normalized spacial score (nSPS) is 13.8. The van der Waals surface area contributed by atoms with Gasteiger partial charge in [-0.15, -0.1) is 22.7 Å². The van der Waals surface area contributed by atoms with Crippen molar-refractivity contribution in [1.29, 1.82) is 0 Å². The summed E-state index contributed by atoms with van der Waals surface area (Å²) in [6.07, 6.45) is 30.4. The summed E-state index contributed by atoms with van der Waals surface area (Å²) in [6.45, 7) is 15.5. The predicted octanol–water partition coefficient (Wildman–Crippen LogP) is 16.0. The highest BCUT2D eigenvalue weighted by Gasteiger charge is 2.36. The smallest absolute Gasteiger partial charge is 0.114 e. The number of nitrogens with zero attached hydrogens (tertiary/aromatic N) is 4. The Hall–Kier alpha value is -3.56. The van der Waals surface area contributed by atoms with Gasteiger partial charge in [0, 0.05) is 94.5 Å². The van der Waals surface area contributed by atoms with Gasteiger partial charge in [0.25, 0.3) is 0 Å². The van der Waals surface area contributed by atoms with E-state index in [-0.39, 0.29) is 5.41 Å². The highest BCUT2D eigenvalue weighted by atomic mass is 32.1. The van der Waals surface area contributed by atoms with E-state index >= 15 is 0 Å². The fraction of sp³-hybridized carbons (Fsp3) is 0.509. The third-order valence-electron chi connectivity index (χ3n) is 13.3. The molecule has 1 aromatic carbocycles. The van der Waals surface area contributed by atoms with Crippen molar-refractivity contribution in [2.24, 2.45) is 5.41 Å². The Kier molecular flexibility index (Phi) is 18.2. The molecule has 0 saturated carbocycles. The molecular weight excluding hydrogens is 869 g/mol. The molecule has 0 bridgehead atoms. The molecule has 0 radical (unpaired) electrons. The molecule has 8 heteroatoms. The SMILES string of the molecule is CCCCCCCCCCCCN1C(=S)c2cc3c(cc2=C1c1ccc(-c2ccc(-c4ccc(-c5ccc(C)nc5)s4)s2)cn1)C(=S)N(CCCCCCCCCCCC)C=3C(C)(C)C. The Bertz CT molecular complexity index is 2470. The summed E-state index contributed by atoms with van der Waals surface area (Å²) in [5.74, 6) is 0. The minimum Gasteiger partial charge on any atom is -0.335 e. The molecule has 5 aromatic rings. The topological polar surface area (TPSA) is 32.3 Å². The Labute approximate surface area is 410 Å². The molecule has 0 fully saturated rings. The maximum absolute atomic E-state index is 6.47. The molecule has 2 aliphatic rings. The van der Waals surface area contributed by atoms with E-state index < -0.39 is 0 Å². The van der Waals surface area contributed by atoms with Crippen LogP contribution in [0.1, 0.15) is 186 Å². The summed E-state index contributed by atoms with van der Waals surface area (Å²) in [7, 11) is 0. The Morgan fingerprint density at radius 2 is 0.923 bits per heavy atom. The first-order valence-electron chi connectivity index (χ1n) is 25.3. The van der Waals surface area contributed by atoms with E-state index in [4.69, 9.17) is 29.4 Å². The van der Waals surface area contributed by atoms with Crippen molar-refractivity contribution in [3.63, 3.8) is 0 Å². The first kappa shape index (κ1) is 49.3. The van der Waals surface area contributed by atoms with Crippen LogP contribution in [0, 0.1) is 12.3 Å². The molecule has 0 aliphatic carbocycles. The van der Waals surface area contributed by atoms with Gasteiger partial charge in [-0.25, -0.2) is 0 Å². The summed E-state index contributed by atoms with van der Waals surface area (Å²) >= 11 is 16.5. The van der Waals surface area contributed by atoms with E-state index in [0.717, 1.165) is 69.7 Å². The average molecular weight is 944 g/mol. The number of benzene rings is 1. The van der Waals surface area contributed by atoms with E-state index in [1.165, 1.54) is 157 Å². The van der Waals surface area contributed by atoms with Crippen LogP contribution in [-0.2, 0) is 0 Å². The van der Waals surface area contributed by atoms with E-state index in [0.29, 0.717) is 0 Å². The van der Waals surface area contributed by atoms with Gasteiger partial charge in [0.15, 0.2) is 0 Å². The van der Waals surface area contributed by atoms with Crippen LogP contribution in [0.15, 0.2) is 73.1 Å². The van der Waals surface area contributed by atoms with Gasteiger partial charge in [0.2, 0.25) is 0 Å². The van der Waals surface area contributed by atoms with Gasteiger partial charge in [0.05, 0.1) is 11.4 Å². The summed E-state index contributed by atoms with van der Waals surface area (Å²) < 4.78 is 0. The minimum absolute atomic E-state index is 0.0616. The average Bonchev–Trinajstić information content (AvgIpc) is 4.10. The maximum Gasteiger partial charge on any atom is 0.114 e. The van der Waals surface area contributed by atoms with Crippen molar-refractivity contribution in [2.75, 3.05) is 13.1 Å². The molecule has 65 heavy (non-hydrogen) atoms. The number of thiocarbonyl (C=S) groups is 2. The largest absolute Gasteiger partial charge is 0.335 e. The molecule has 0 unspecified atom stereocenters. The van der Waals surface area contributed by atoms with Crippen LogP contribution in [0.4, 0.5) is 0 Å². The van der Waals surface area contributed by atoms with Crippen LogP contribution in [0.25, 0.3) is 42.0 Å². The van der Waals surface area contributed by atoms with E-state index in [9.17, 15) is 0 Å². The minimum atomic E-state index is -0.0616. The van der Waals surface area contributed by atoms with Crippen LogP contribution in [0.2, 0.25) is 0 Å². The van der Waals surface area contributed by atoms with Crippen molar-refractivity contribution in [3.05, 3.63) is 106 Å². The summed E-state index contributed by atoms with van der Waals surface area (Å²) in [4.78, 5) is 21.5. The molecule has 0 atom stereocenters. The fourth-order valence-electron chi connectivity index (χ4n) is 9.70. The standard InChI is InChI=1S/C57H74N4S4/c1-7-9-11-13-15-17-19-21-23-25-35-60-53(48-30-29-43(40-59-48)50-32-34-52(65-50)51-33-31-49(64-51)42-28-27-41(3)58-39-42)44-37-47-45(38-46(44)55(60)62)54(57(4,5)6)61(56(47)63)36-26-24-22-20-18-16-14-12-10-8-2/h27-34,37-40H,7-26,35-36H2,1-6H3. The number of hydrogen-bond donors (Lipinski definition) is 0. The molecule has 7 rings (SSSR count). The fourth-order valence-corrected chi connectivity index (χ4v) is 12.5. The van der Waals surface area contributed by atoms with Gasteiger partial charge < -0.3 is 9.80 Å². The Morgan fingerprint density at radius 1 is 0.492 bits per heavy atom. The highest BCUT2D eigenvalue weighted by molar-refractivity contribution is 7.81. The number of thiophene rings is 2. The zero-order valence-corrected chi connectivity index (χ0v) is 43.7. The second-order valence-electron chi connectivity index (χ2n) is 19.6. The van der Waals surface area contributed by atoms with Crippen molar-refractivity contribution in [1.82, 2.24) is 19.8 Å². The number of unbranched alkanes of at least 4 members (excludes halogenated alkanes) is 18. The zero-order valence-electron chi connectivity index (χ0n) is 40.4. The molecule has 6 heterocycles. The lowest BCUT2D eigenvalue weighted by atomic mass is 9.89. The first-order valence-corrected chi connectivity index (χ1v) is 27.7. The molecular formula is C57H74N4S4. The van der Waals surface area contributed by atoms with E-state index in [2.05, 4.69) is 116 Å². The molecule has 0 amide bonds. The van der Waals surface area contributed by atoms with Crippen molar-refractivity contribution in [2.45, 2.75) is 170 Å². The van der Waals surface area contributed by atoms with E-state index in [1.54, 1.807) is 0 Å². The second-order valence-corrected chi connectivity index (χ2v) is 22.6. The van der Waals surface area contributed by atoms with Crippen LogP contribution in [-0.4, -0.2) is 42.8 Å². The predicted molar refractivity (Wildman–Crippen MR) is 290 cm³/mol. The Morgan fingerprint density at radius 3 is 1.40 bits per heavy atom. The first-order chi connectivity index (χ1) is 31.6.